The van der Waals surface area contributed by atoms with Crippen LogP contribution < -0.4 is 15.0 Å². The van der Waals surface area contributed by atoms with E-state index in [1.165, 1.54) is 24.2 Å². The predicted molar refractivity (Wildman–Crippen MR) is 124 cm³/mol. The summed E-state index contributed by atoms with van der Waals surface area (Å²) < 4.78 is 5.91. The Morgan fingerprint density at radius 3 is 2.78 bits per heavy atom. The number of rotatable bonds is 6. The zero-order valence-corrected chi connectivity index (χ0v) is 19.1. The molecule has 1 aromatic carbocycles. The van der Waals surface area contributed by atoms with Crippen molar-refractivity contribution in [2.45, 2.75) is 58.5 Å². The molecule has 4 rings (SSSR count). The smallest absolute Gasteiger partial charge is 0.264 e. The van der Waals surface area contributed by atoms with Crippen LogP contribution in [-0.4, -0.2) is 53.4 Å². The summed E-state index contributed by atoms with van der Waals surface area (Å²) in [6.07, 6.45) is 6.26. The number of ether oxygens (including phenoxy) is 1. The third-order valence-electron chi connectivity index (χ3n) is 6.45. The maximum atomic E-state index is 13.3. The minimum atomic E-state index is -0.288. The van der Waals surface area contributed by atoms with Gasteiger partial charge in [0.15, 0.2) is 5.75 Å². The zero-order valence-electron chi connectivity index (χ0n) is 19.1. The maximum Gasteiger partial charge on any atom is 0.264 e. The summed E-state index contributed by atoms with van der Waals surface area (Å²) in [4.78, 5) is 34.3. The van der Waals surface area contributed by atoms with E-state index in [-0.39, 0.29) is 24.2 Å². The van der Waals surface area contributed by atoms with Gasteiger partial charge in [-0.2, -0.15) is 0 Å². The number of amides is 2. The zero-order chi connectivity index (χ0) is 22.7. The fraction of sp³-hybridized carbons (Fsp3) is 0.480. The molecule has 2 aliphatic heterocycles. The lowest BCUT2D eigenvalue weighted by Gasteiger charge is -2.39. The first-order valence-corrected chi connectivity index (χ1v) is 11.5. The molecule has 1 saturated heterocycles. The number of nitrogens with one attached hydrogen (secondary N) is 1. The third-order valence-corrected chi connectivity index (χ3v) is 6.45. The first kappa shape index (κ1) is 22.3. The van der Waals surface area contributed by atoms with Gasteiger partial charge in [-0.15, -0.1) is 0 Å². The van der Waals surface area contributed by atoms with Crippen LogP contribution in [0.3, 0.4) is 0 Å². The van der Waals surface area contributed by atoms with Gasteiger partial charge in [-0.1, -0.05) is 12.5 Å². The van der Waals surface area contributed by atoms with Crippen LogP contribution in [0, 0.1) is 6.92 Å². The number of nitrogens with zero attached hydrogens (tertiary/aromatic N) is 3. The lowest BCUT2D eigenvalue weighted by Crippen LogP contribution is -2.45. The number of benzene rings is 1. The van der Waals surface area contributed by atoms with Gasteiger partial charge in [0.25, 0.3) is 5.91 Å². The Hall–Kier alpha value is -2.93. The Morgan fingerprint density at radius 2 is 2.00 bits per heavy atom. The van der Waals surface area contributed by atoms with Gasteiger partial charge in [0.1, 0.15) is 12.1 Å². The lowest BCUT2D eigenvalue weighted by molar-refractivity contribution is -0.119. The highest BCUT2D eigenvalue weighted by Crippen LogP contribution is 2.38. The van der Waals surface area contributed by atoms with Gasteiger partial charge in [0, 0.05) is 31.4 Å². The quantitative estimate of drug-likeness (QED) is 0.695. The summed E-state index contributed by atoms with van der Waals surface area (Å²) in [7, 11) is 0. The van der Waals surface area contributed by atoms with Gasteiger partial charge in [-0.05, 0) is 69.9 Å². The van der Waals surface area contributed by atoms with E-state index >= 15 is 0 Å². The molecule has 2 amide bonds. The molecule has 0 bridgehead atoms. The van der Waals surface area contributed by atoms with Gasteiger partial charge in [0.2, 0.25) is 11.8 Å². The largest absolute Gasteiger partial charge is 0.436 e. The minimum absolute atomic E-state index is 0.0660. The van der Waals surface area contributed by atoms with E-state index in [0.717, 1.165) is 18.5 Å². The fourth-order valence-electron chi connectivity index (χ4n) is 4.68. The van der Waals surface area contributed by atoms with Gasteiger partial charge < -0.3 is 10.1 Å². The van der Waals surface area contributed by atoms with Crippen LogP contribution in [0.2, 0.25) is 0 Å². The molecule has 7 nitrogen and oxygen atoms in total. The van der Waals surface area contributed by atoms with Crippen molar-refractivity contribution >= 4 is 17.5 Å². The lowest BCUT2D eigenvalue weighted by atomic mass is 9.97. The molecule has 32 heavy (non-hydrogen) atoms. The molecular weight excluding hydrogens is 404 g/mol. The normalized spacial score (nSPS) is 20.7. The van der Waals surface area contributed by atoms with Crippen LogP contribution in [0.1, 0.15) is 55.5 Å². The molecule has 2 aliphatic rings. The van der Waals surface area contributed by atoms with Gasteiger partial charge in [-0.25, -0.2) is 4.98 Å². The minimum Gasteiger partial charge on any atom is -0.436 e. The number of hydrogen-bond acceptors (Lipinski definition) is 5. The number of fused-ring (bicyclic) bond motifs is 2. The SMILES string of the molecule is Cc1ccc2c(c1)N(CC(=O)NCCCN1[C@H](C)CCC[C@@H]1C)C(=O)c1cccnc1O2. The highest BCUT2D eigenvalue weighted by Gasteiger charge is 2.30. The topological polar surface area (TPSA) is 74.8 Å². The van der Waals surface area contributed by atoms with E-state index in [0.29, 0.717) is 35.6 Å². The number of anilines is 1. The number of aryl methyl sites for hydroxylation is 1. The third kappa shape index (κ3) is 4.78. The average Bonchev–Trinajstić information content (AvgIpc) is 2.88. The van der Waals surface area contributed by atoms with Crippen molar-refractivity contribution in [3.8, 4) is 11.6 Å². The van der Waals surface area contributed by atoms with Crippen LogP contribution in [0.25, 0.3) is 0 Å². The molecule has 0 spiro atoms. The van der Waals surface area contributed by atoms with Crippen LogP contribution in [0.5, 0.6) is 11.6 Å². The van der Waals surface area contributed by atoms with E-state index in [2.05, 4.69) is 29.0 Å². The monoisotopic (exact) mass is 436 g/mol. The standard InChI is InChI=1S/C25H32N4O3/c1-17-10-11-22-21(15-17)29(25(31)20-9-5-12-27-24(20)32-22)16-23(30)26-13-6-14-28-18(2)7-4-8-19(28)3/h5,9-12,15,18-19H,4,6-8,13-14,16H2,1-3H3,(H,26,30)/t18-,19+. The second kappa shape index (κ2) is 9.69. The number of hydrogen-bond donors (Lipinski definition) is 1. The Balaban J connectivity index is 1.41. The summed E-state index contributed by atoms with van der Waals surface area (Å²) in [6.45, 7) is 8.01. The van der Waals surface area contributed by atoms with E-state index in [4.69, 9.17) is 4.74 Å². The summed E-state index contributed by atoms with van der Waals surface area (Å²) >= 11 is 0. The predicted octanol–water partition coefficient (Wildman–Crippen LogP) is 3.91. The highest BCUT2D eigenvalue weighted by molar-refractivity contribution is 6.11. The van der Waals surface area contributed by atoms with Crippen LogP contribution in [0.15, 0.2) is 36.5 Å². The molecule has 2 atom stereocenters. The number of piperidine rings is 1. The molecule has 0 unspecified atom stereocenters. The van der Waals surface area contributed by atoms with E-state index in [1.54, 1.807) is 18.3 Å². The highest BCUT2D eigenvalue weighted by atomic mass is 16.5. The molecule has 1 aromatic heterocycles. The molecule has 7 heteroatoms. The first-order chi connectivity index (χ1) is 15.4. The van der Waals surface area contributed by atoms with Crippen molar-refractivity contribution in [2.75, 3.05) is 24.5 Å². The molecule has 0 radical (unpaired) electrons. The number of carbonyl (C=O) groups excluding carboxylic acids is 2. The molecular formula is C25H32N4O3. The van der Waals surface area contributed by atoms with Gasteiger partial charge >= 0.3 is 0 Å². The number of aromatic nitrogens is 1. The van der Waals surface area contributed by atoms with Crippen LogP contribution >= 0.6 is 0 Å². The van der Waals surface area contributed by atoms with E-state index in [1.807, 2.05) is 25.1 Å². The van der Waals surface area contributed by atoms with Crippen molar-refractivity contribution in [3.63, 3.8) is 0 Å². The molecule has 170 valence electrons. The number of pyridine rings is 1. The Labute approximate surface area is 189 Å². The Kier molecular flexibility index (Phi) is 6.74. The van der Waals surface area contributed by atoms with Crippen LogP contribution in [-0.2, 0) is 4.79 Å². The number of carbonyl (C=O) groups is 2. The molecule has 1 N–H and O–H groups in total. The van der Waals surface area contributed by atoms with Crippen LogP contribution in [0.4, 0.5) is 5.69 Å². The fourth-order valence-corrected chi connectivity index (χ4v) is 4.68. The summed E-state index contributed by atoms with van der Waals surface area (Å²) in [6, 6.07) is 10.2. The second-order valence-corrected chi connectivity index (χ2v) is 8.89. The first-order valence-electron chi connectivity index (χ1n) is 11.5. The van der Waals surface area contributed by atoms with Crippen molar-refractivity contribution in [1.82, 2.24) is 15.2 Å². The van der Waals surface area contributed by atoms with Crippen molar-refractivity contribution in [2.24, 2.45) is 0 Å². The Bertz CT molecular complexity index is 983. The Morgan fingerprint density at radius 1 is 1.22 bits per heavy atom. The summed E-state index contributed by atoms with van der Waals surface area (Å²) in [5, 5.41) is 2.99. The second-order valence-electron chi connectivity index (χ2n) is 8.89. The maximum absolute atomic E-state index is 13.3. The van der Waals surface area contributed by atoms with E-state index < -0.39 is 0 Å². The summed E-state index contributed by atoms with van der Waals surface area (Å²) in [5.74, 6) is 0.305. The van der Waals surface area contributed by atoms with E-state index in [9.17, 15) is 9.59 Å². The van der Waals surface area contributed by atoms with Gasteiger partial charge in [0.05, 0.1) is 5.69 Å². The van der Waals surface area contributed by atoms with Gasteiger partial charge in [-0.3, -0.25) is 19.4 Å². The molecule has 1 fully saturated rings. The summed E-state index contributed by atoms with van der Waals surface area (Å²) in [5.41, 5.74) is 1.91. The van der Waals surface area contributed by atoms with Crippen molar-refractivity contribution in [3.05, 3.63) is 47.7 Å². The molecule has 0 aliphatic carbocycles. The van der Waals surface area contributed by atoms with Crippen molar-refractivity contribution < 1.29 is 14.3 Å². The average molecular weight is 437 g/mol. The molecule has 2 aromatic rings. The number of likely N-dealkylation sites (tertiary alicyclic amines) is 1. The molecule has 3 heterocycles. The molecule has 0 saturated carbocycles. The van der Waals surface area contributed by atoms with Crippen molar-refractivity contribution in [1.29, 1.82) is 0 Å².